The van der Waals surface area contributed by atoms with Crippen LogP contribution in [0.2, 0.25) is 10.0 Å². The average molecular weight is 353 g/mol. The lowest BCUT2D eigenvalue weighted by atomic mass is 10.2. The van der Waals surface area contributed by atoms with Gasteiger partial charge in [-0.1, -0.05) is 43.0 Å². The molecule has 7 heteroatoms. The molecule has 0 fully saturated rings. The van der Waals surface area contributed by atoms with Gasteiger partial charge in [-0.2, -0.15) is 0 Å². The van der Waals surface area contributed by atoms with Crippen LogP contribution in [0.1, 0.15) is 36.7 Å². The summed E-state index contributed by atoms with van der Waals surface area (Å²) in [5.41, 5.74) is 0.733. The fourth-order valence-electron chi connectivity index (χ4n) is 1.95. The monoisotopic (exact) mass is 352 g/mol. The molecular formula is C16H18Cl2N4O. The minimum Gasteiger partial charge on any atom is -0.369 e. The van der Waals surface area contributed by atoms with Crippen LogP contribution in [-0.4, -0.2) is 22.4 Å². The van der Waals surface area contributed by atoms with E-state index in [1.54, 1.807) is 24.4 Å². The van der Waals surface area contributed by atoms with Crippen LogP contribution in [0.4, 0.5) is 11.5 Å². The summed E-state index contributed by atoms with van der Waals surface area (Å²) in [5.74, 6) is 0.289. The molecule has 5 nitrogen and oxygen atoms in total. The molecule has 1 aromatic carbocycles. The Morgan fingerprint density at radius 1 is 1.09 bits per heavy atom. The Bertz CT molecular complexity index is 641. The normalized spacial score (nSPS) is 10.4. The Hall–Kier alpha value is -1.85. The summed E-state index contributed by atoms with van der Waals surface area (Å²) in [6, 6.07) is 4.82. The van der Waals surface area contributed by atoms with Gasteiger partial charge >= 0.3 is 0 Å². The Morgan fingerprint density at radius 3 is 2.43 bits per heavy atom. The predicted octanol–water partition coefficient (Wildman–Crippen LogP) is 4.64. The number of rotatable bonds is 7. The molecule has 1 aromatic heterocycles. The van der Waals surface area contributed by atoms with Crippen LogP contribution in [0.5, 0.6) is 0 Å². The number of aromatic nitrogens is 2. The molecule has 2 rings (SSSR count). The summed E-state index contributed by atoms with van der Waals surface area (Å²) in [6.07, 6.45) is 6.40. The highest BCUT2D eigenvalue weighted by molar-refractivity contribution is 6.35. The third kappa shape index (κ3) is 5.69. The van der Waals surface area contributed by atoms with Crippen molar-refractivity contribution < 1.29 is 4.79 Å². The SMILES string of the molecule is CCCCCNc1cnc(C(=O)Nc2cc(Cl)cc(Cl)c2)cn1. The number of carbonyl (C=O) groups is 1. The minimum atomic E-state index is -0.367. The number of halogens is 2. The summed E-state index contributed by atoms with van der Waals surface area (Å²) in [7, 11) is 0. The largest absolute Gasteiger partial charge is 0.369 e. The molecule has 2 aromatic rings. The summed E-state index contributed by atoms with van der Waals surface area (Å²) >= 11 is 11.8. The van der Waals surface area contributed by atoms with Crippen LogP contribution in [0.3, 0.4) is 0 Å². The van der Waals surface area contributed by atoms with Gasteiger partial charge in [-0.05, 0) is 24.6 Å². The van der Waals surface area contributed by atoms with Gasteiger partial charge < -0.3 is 10.6 Å². The maximum atomic E-state index is 12.1. The molecule has 0 aliphatic carbocycles. The van der Waals surface area contributed by atoms with Gasteiger partial charge in [0.1, 0.15) is 11.5 Å². The molecule has 1 amide bonds. The second-order valence-electron chi connectivity index (χ2n) is 5.03. The zero-order valence-electron chi connectivity index (χ0n) is 12.8. The van der Waals surface area contributed by atoms with Crippen LogP contribution in [0, 0.1) is 0 Å². The molecule has 0 radical (unpaired) electrons. The van der Waals surface area contributed by atoms with E-state index in [-0.39, 0.29) is 11.6 Å². The highest BCUT2D eigenvalue weighted by Crippen LogP contribution is 2.22. The van der Waals surface area contributed by atoms with E-state index in [0.717, 1.165) is 13.0 Å². The van der Waals surface area contributed by atoms with Gasteiger partial charge in [-0.25, -0.2) is 9.97 Å². The van der Waals surface area contributed by atoms with Crippen molar-refractivity contribution in [3.05, 3.63) is 46.3 Å². The summed E-state index contributed by atoms with van der Waals surface area (Å²) < 4.78 is 0. The van der Waals surface area contributed by atoms with Gasteiger partial charge in [0.2, 0.25) is 0 Å². The van der Waals surface area contributed by atoms with E-state index >= 15 is 0 Å². The molecule has 0 aliphatic rings. The number of unbranched alkanes of at least 4 members (excludes halogenated alkanes) is 2. The van der Waals surface area contributed by atoms with E-state index in [2.05, 4.69) is 27.5 Å². The lowest BCUT2D eigenvalue weighted by Crippen LogP contribution is -2.14. The van der Waals surface area contributed by atoms with Crippen LogP contribution in [0.25, 0.3) is 0 Å². The number of benzene rings is 1. The first kappa shape index (κ1) is 17.5. The molecule has 0 atom stereocenters. The van der Waals surface area contributed by atoms with E-state index in [1.165, 1.54) is 19.0 Å². The van der Waals surface area contributed by atoms with Crippen molar-refractivity contribution in [3.8, 4) is 0 Å². The summed E-state index contributed by atoms with van der Waals surface area (Å²) in [6.45, 7) is 3.00. The van der Waals surface area contributed by atoms with E-state index < -0.39 is 0 Å². The first-order valence-corrected chi connectivity index (χ1v) is 8.17. The molecule has 122 valence electrons. The molecule has 0 saturated carbocycles. The van der Waals surface area contributed by atoms with Crippen LogP contribution in [0.15, 0.2) is 30.6 Å². The lowest BCUT2D eigenvalue weighted by molar-refractivity contribution is 0.102. The van der Waals surface area contributed by atoms with Crippen LogP contribution >= 0.6 is 23.2 Å². The number of carbonyl (C=O) groups excluding carboxylic acids is 1. The summed E-state index contributed by atoms with van der Waals surface area (Å²) in [4.78, 5) is 20.4. The van der Waals surface area contributed by atoms with E-state index in [1.807, 2.05) is 0 Å². The molecule has 0 spiro atoms. The number of hydrogen-bond donors (Lipinski definition) is 2. The Labute approximate surface area is 145 Å². The maximum Gasteiger partial charge on any atom is 0.275 e. The second-order valence-corrected chi connectivity index (χ2v) is 5.91. The molecule has 2 N–H and O–H groups in total. The standard InChI is InChI=1S/C16H18Cl2N4O/c1-2-3-4-5-19-15-10-20-14(9-21-15)16(23)22-13-7-11(17)6-12(18)8-13/h6-10H,2-5H2,1H3,(H,19,21)(H,22,23). The minimum absolute atomic E-state index is 0.222. The third-order valence-corrected chi connectivity index (χ3v) is 3.53. The quantitative estimate of drug-likeness (QED) is 0.712. The number of hydrogen-bond acceptors (Lipinski definition) is 4. The van der Waals surface area contributed by atoms with Crippen molar-refractivity contribution in [2.75, 3.05) is 17.2 Å². The Kier molecular flexibility index (Phi) is 6.62. The van der Waals surface area contributed by atoms with Gasteiger partial charge in [0.25, 0.3) is 5.91 Å². The second kappa shape index (κ2) is 8.70. The van der Waals surface area contributed by atoms with Crippen molar-refractivity contribution in [1.29, 1.82) is 0 Å². The van der Waals surface area contributed by atoms with Crippen molar-refractivity contribution in [2.24, 2.45) is 0 Å². The van der Waals surface area contributed by atoms with Gasteiger partial charge in [-0.15, -0.1) is 0 Å². The van der Waals surface area contributed by atoms with Crippen molar-refractivity contribution in [1.82, 2.24) is 9.97 Å². The first-order chi connectivity index (χ1) is 11.1. The molecule has 1 heterocycles. The molecular weight excluding hydrogens is 335 g/mol. The van der Waals surface area contributed by atoms with E-state index in [4.69, 9.17) is 23.2 Å². The number of nitrogens with zero attached hydrogens (tertiary/aromatic N) is 2. The van der Waals surface area contributed by atoms with Gasteiger partial charge in [-0.3, -0.25) is 4.79 Å². The molecule has 0 saturated heterocycles. The highest BCUT2D eigenvalue weighted by atomic mass is 35.5. The summed E-state index contributed by atoms with van der Waals surface area (Å²) in [5, 5.41) is 6.76. The molecule has 23 heavy (non-hydrogen) atoms. The Morgan fingerprint density at radius 2 is 1.83 bits per heavy atom. The zero-order chi connectivity index (χ0) is 16.7. The molecule has 0 aliphatic heterocycles. The highest BCUT2D eigenvalue weighted by Gasteiger charge is 2.09. The fraction of sp³-hybridized carbons (Fsp3) is 0.312. The number of amides is 1. The smallest absolute Gasteiger partial charge is 0.275 e. The predicted molar refractivity (Wildman–Crippen MR) is 94.5 cm³/mol. The van der Waals surface area contributed by atoms with Crippen molar-refractivity contribution in [2.45, 2.75) is 26.2 Å². The number of anilines is 2. The van der Waals surface area contributed by atoms with E-state index in [0.29, 0.717) is 21.6 Å². The number of nitrogens with one attached hydrogen (secondary N) is 2. The van der Waals surface area contributed by atoms with Crippen LogP contribution < -0.4 is 10.6 Å². The lowest BCUT2D eigenvalue weighted by Gasteiger charge is -2.07. The first-order valence-electron chi connectivity index (χ1n) is 7.42. The third-order valence-electron chi connectivity index (χ3n) is 3.09. The molecule has 0 bridgehead atoms. The zero-order valence-corrected chi connectivity index (χ0v) is 14.3. The van der Waals surface area contributed by atoms with Gasteiger partial charge in [0.05, 0.1) is 12.4 Å². The topological polar surface area (TPSA) is 66.9 Å². The maximum absolute atomic E-state index is 12.1. The van der Waals surface area contributed by atoms with Gasteiger partial charge in [0, 0.05) is 22.3 Å². The molecule has 0 unspecified atom stereocenters. The van der Waals surface area contributed by atoms with Crippen LogP contribution in [-0.2, 0) is 0 Å². The van der Waals surface area contributed by atoms with Crippen molar-refractivity contribution in [3.63, 3.8) is 0 Å². The Balaban J connectivity index is 1.94. The average Bonchev–Trinajstić information content (AvgIpc) is 2.51. The fourth-order valence-corrected chi connectivity index (χ4v) is 2.48. The van der Waals surface area contributed by atoms with Gasteiger partial charge in [0.15, 0.2) is 0 Å². The van der Waals surface area contributed by atoms with Crippen molar-refractivity contribution >= 4 is 40.6 Å². The van der Waals surface area contributed by atoms with E-state index in [9.17, 15) is 4.79 Å².